The molecule has 2 rings (SSSR count). The molecule has 3 amide bonds. The summed E-state index contributed by atoms with van der Waals surface area (Å²) in [6.07, 6.45) is 0.653. The van der Waals surface area contributed by atoms with Gasteiger partial charge in [-0.15, -0.1) is 0 Å². The number of carbonyl (C=O) groups is 3. The van der Waals surface area contributed by atoms with Gasteiger partial charge in [-0.1, -0.05) is 41.9 Å². The summed E-state index contributed by atoms with van der Waals surface area (Å²) in [5.74, 6) is -0.102. The summed E-state index contributed by atoms with van der Waals surface area (Å²) in [7, 11) is 0. The number of amides is 3. The van der Waals surface area contributed by atoms with Crippen molar-refractivity contribution in [1.82, 2.24) is 10.6 Å². The molecule has 0 atom stereocenters. The largest absolute Gasteiger partial charge is 0.352 e. The Morgan fingerprint density at radius 3 is 2.38 bits per heavy atom. The lowest BCUT2D eigenvalue weighted by Crippen LogP contribution is -2.30. The minimum Gasteiger partial charge on any atom is -0.352 e. The number of hydrogen-bond donors (Lipinski definition) is 3. The van der Waals surface area contributed by atoms with E-state index in [1.54, 1.807) is 24.3 Å². The van der Waals surface area contributed by atoms with Gasteiger partial charge in [-0.05, 0) is 47.9 Å². The zero-order valence-electron chi connectivity index (χ0n) is 16.6. The molecule has 0 aromatic heterocycles. The lowest BCUT2D eigenvalue weighted by molar-refractivity contribution is -0.121. The second kappa shape index (κ2) is 11.4. The van der Waals surface area contributed by atoms with Crippen LogP contribution in [-0.4, -0.2) is 24.3 Å². The van der Waals surface area contributed by atoms with Crippen molar-refractivity contribution in [3.63, 3.8) is 0 Å². The summed E-state index contributed by atoms with van der Waals surface area (Å²) in [5, 5.41) is 8.42. The van der Waals surface area contributed by atoms with Gasteiger partial charge in [0.1, 0.15) is 0 Å². The molecule has 3 N–H and O–H groups in total. The van der Waals surface area contributed by atoms with Gasteiger partial charge in [-0.2, -0.15) is 0 Å². The van der Waals surface area contributed by atoms with Gasteiger partial charge < -0.3 is 16.0 Å². The van der Waals surface area contributed by atoms with Crippen LogP contribution in [0.15, 0.2) is 53.0 Å². The first kappa shape index (κ1) is 22.6. The van der Waals surface area contributed by atoms with E-state index in [0.29, 0.717) is 30.1 Å². The summed E-state index contributed by atoms with van der Waals surface area (Å²) in [5.41, 5.74) is 2.15. The lowest BCUT2D eigenvalue weighted by Gasteiger charge is -2.10. The van der Waals surface area contributed by atoms with Crippen LogP contribution in [0, 0.1) is 5.92 Å². The molecule has 0 aliphatic carbocycles. The molecule has 0 unspecified atom stereocenters. The Labute approximate surface area is 179 Å². The fourth-order valence-corrected chi connectivity index (χ4v) is 2.89. The van der Waals surface area contributed by atoms with Crippen LogP contribution in [0.25, 0.3) is 0 Å². The first-order valence-electron chi connectivity index (χ1n) is 9.52. The van der Waals surface area contributed by atoms with Crippen LogP contribution in [0.2, 0.25) is 0 Å². The van der Waals surface area contributed by atoms with Gasteiger partial charge in [0.2, 0.25) is 11.8 Å². The second-order valence-corrected chi connectivity index (χ2v) is 8.05. The molecule has 0 radical (unpaired) electrons. The van der Waals surface area contributed by atoms with Gasteiger partial charge in [0, 0.05) is 41.7 Å². The van der Waals surface area contributed by atoms with Crippen molar-refractivity contribution in [2.75, 3.05) is 11.9 Å². The molecule has 0 aliphatic heterocycles. The average Bonchev–Trinajstić information content (AvgIpc) is 2.66. The van der Waals surface area contributed by atoms with E-state index in [9.17, 15) is 14.4 Å². The topological polar surface area (TPSA) is 87.3 Å². The second-order valence-electron chi connectivity index (χ2n) is 7.14. The number of nitrogens with one attached hydrogen (secondary N) is 3. The van der Waals surface area contributed by atoms with Crippen molar-refractivity contribution < 1.29 is 14.4 Å². The van der Waals surface area contributed by atoms with E-state index in [0.717, 1.165) is 10.0 Å². The molecule has 29 heavy (non-hydrogen) atoms. The standard InChI is InChI=1S/C22H26BrN3O3/c1-15(2)12-21(28)26-19-5-3-4-16(13-19)14-25-20(27)10-11-24-22(29)17-6-8-18(23)9-7-17/h3-9,13,15H,10-12,14H2,1-2H3,(H,24,29)(H,25,27)(H,26,28). The number of hydrogen-bond acceptors (Lipinski definition) is 3. The first-order chi connectivity index (χ1) is 13.8. The van der Waals surface area contributed by atoms with Crippen LogP contribution in [0.3, 0.4) is 0 Å². The third kappa shape index (κ3) is 8.48. The van der Waals surface area contributed by atoms with Crippen molar-refractivity contribution >= 4 is 39.3 Å². The summed E-state index contributed by atoms with van der Waals surface area (Å²) in [4.78, 5) is 35.9. The molecule has 0 heterocycles. The van der Waals surface area contributed by atoms with Crippen LogP contribution in [0.1, 0.15) is 42.6 Å². The van der Waals surface area contributed by atoms with E-state index in [-0.39, 0.29) is 30.7 Å². The number of halogens is 1. The maximum Gasteiger partial charge on any atom is 0.251 e. The molecule has 6 nitrogen and oxygen atoms in total. The lowest BCUT2D eigenvalue weighted by atomic mass is 10.1. The Hall–Kier alpha value is -2.67. The molecule has 0 saturated carbocycles. The summed E-state index contributed by atoms with van der Waals surface area (Å²) in [6, 6.07) is 14.4. The quantitative estimate of drug-likeness (QED) is 0.531. The van der Waals surface area contributed by atoms with E-state index in [1.807, 2.05) is 38.1 Å². The van der Waals surface area contributed by atoms with Crippen molar-refractivity contribution in [3.8, 4) is 0 Å². The molecular weight excluding hydrogens is 434 g/mol. The minimum absolute atomic E-state index is 0.0253. The Morgan fingerprint density at radius 2 is 1.69 bits per heavy atom. The zero-order valence-corrected chi connectivity index (χ0v) is 18.2. The van der Waals surface area contributed by atoms with Gasteiger partial charge in [-0.3, -0.25) is 14.4 Å². The highest BCUT2D eigenvalue weighted by Gasteiger charge is 2.08. The molecule has 154 valence electrons. The molecular formula is C22H26BrN3O3. The third-order valence-electron chi connectivity index (χ3n) is 4.04. The Morgan fingerprint density at radius 1 is 0.966 bits per heavy atom. The summed E-state index contributed by atoms with van der Waals surface area (Å²) >= 11 is 3.32. The Kier molecular flexibility index (Phi) is 8.86. The van der Waals surface area contributed by atoms with Crippen LogP contribution >= 0.6 is 15.9 Å². The van der Waals surface area contributed by atoms with E-state index < -0.39 is 0 Å². The van der Waals surface area contributed by atoms with E-state index >= 15 is 0 Å². The van der Waals surface area contributed by atoms with Gasteiger partial charge in [0.25, 0.3) is 5.91 Å². The van der Waals surface area contributed by atoms with E-state index in [1.165, 1.54) is 0 Å². The highest BCUT2D eigenvalue weighted by molar-refractivity contribution is 9.10. The first-order valence-corrected chi connectivity index (χ1v) is 10.3. The molecule has 0 spiro atoms. The number of rotatable bonds is 9. The SMILES string of the molecule is CC(C)CC(=O)Nc1cccc(CNC(=O)CCNC(=O)c2ccc(Br)cc2)c1. The fourth-order valence-electron chi connectivity index (χ4n) is 2.62. The Balaban J connectivity index is 1.73. The fraction of sp³-hybridized carbons (Fsp3) is 0.318. The molecule has 0 saturated heterocycles. The number of carbonyl (C=O) groups excluding carboxylic acids is 3. The van der Waals surface area contributed by atoms with Gasteiger partial charge in [0.15, 0.2) is 0 Å². The molecule has 2 aromatic carbocycles. The van der Waals surface area contributed by atoms with E-state index in [2.05, 4.69) is 31.9 Å². The maximum atomic E-state index is 12.0. The van der Waals surface area contributed by atoms with Crippen molar-refractivity contribution in [1.29, 1.82) is 0 Å². The minimum atomic E-state index is -0.213. The number of anilines is 1. The van der Waals surface area contributed by atoms with Gasteiger partial charge in [0.05, 0.1) is 0 Å². The van der Waals surface area contributed by atoms with Gasteiger partial charge >= 0.3 is 0 Å². The van der Waals surface area contributed by atoms with Crippen LogP contribution < -0.4 is 16.0 Å². The van der Waals surface area contributed by atoms with Crippen molar-refractivity contribution in [3.05, 3.63) is 64.1 Å². The molecule has 0 fully saturated rings. The molecule has 2 aromatic rings. The predicted molar refractivity (Wildman–Crippen MR) is 117 cm³/mol. The Bertz CT molecular complexity index is 851. The third-order valence-corrected chi connectivity index (χ3v) is 4.57. The average molecular weight is 460 g/mol. The van der Waals surface area contributed by atoms with Crippen LogP contribution in [0.5, 0.6) is 0 Å². The maximum absolute atomic E-state index is 12.0. The molecule has 0 aliphatic rings. The monoisotopic (exact) mass is 459 g/mol. The highest BCUT2D eigenvalue weighted by Crippen LogP contribution is 2.12. The summed E-state index contributed by atoms with van der Waals surface area (Å²) < 4.78 is 0.900. The highest BCUT2D eigenvalue weighted by atomic mass is 79.9. The molecule has 0 bridgehead atoms. The predicted octanol–water partition coefficient (Wildman–Crippen LogP) is 3.87. The number of benzene rings is 2. The smallest absolute Gasteiger partial charge is 0.251 e. The van der Waals surface area contributed by atoms with Crippen molar-refractivity contribution in [2.24, 2.45) is 5.92 Å². The summed E-state index contributed by atoms with van der Waals surface area (Å²) in [6.45, 7) is 4.60. The van der Waals surface area contributed by atoms with Gasteiger partial charge in [-0.25, -0.2) is 0 Å². The zero-order chi connectivity index (χ0) is 21.2. The normalized spacial score (nSPS) is 10.5. The van der Waals surface area contributed by atoms with E-state index in [4.69, 9.17) is 0 Å². The molecule has 7 heteroatoms. The van der Waals surface area contributed by atoms with Crippen molar-refractivity contribution in [2.45, 2.75) is 33.2 Å². The van der Waals surface area contributed by atoms with Crippen LogP contribution in [-0.2, 0) is 16.1 Å². The van der Waals surface area contributed by atoms with Crippen LogP contribution in [0.4, 0.5) is 5.69 Å².